The number of aromatic amines is 1. The summed E-state index contributed by atoms with van der Waals surface area (Å²) in [5.74, 6) is 0. The average molecular weight is 474 g/mol. The molecular formula is C20H19IN4S. The first-order chi connectivity index (χ1) is 12.6. The molecule has 132 valence electrons. The third-order valence-electron chi connectivity index (χ3n) is 4.77. The summed E-state index contributed by atoms with van der Waals surface area (Å²) in [6.07, 6.45) is 1.84. The minimum Gasteiger partial charge on any atom is -0.362 e. The van der Waals surface area contributed by atoms with Gasteiger partial charge in [-0.3, -0.25) is 4.98 Å². The molecule has 2 N–H and O–H groups in total. The van der Waals surface area contributed by atoms with Crippen LogP contribution in [0, 0.1) is 17.4 Å². The lowest BCUT2D eigenvalue weighted by molar-refractivity contribution is 0.564. The van der Waals surface area contributed by atoms with Crippen molar-refractivity contribution < 1.29 is 0 Å². The normalized spacial score (nSPS) is 19.7. The summed E-state index contributed by atoms with van der Waals surface area (Å²) in [4.78, 5) is 10.3. The molecule has 4 rings (SSSR count). The van der Waals surface area contributed by atoms with Crippen LogP contribution in [-0.2, 0) is 0 Å². The first-order valence-electron chi connectivity index (χ1n) is 8.48. The standard InChI is InChI=1S/C20H19IN4S/c1-12-16(17(21)13(2)23-12)19-18(15-10-6-7-11-22-15)24-20(26)25(19)14-8-4-3-5-9-14/h3-11,18-19,23H,1-2H3,(H,24,26)/t18-,19-/m1/s1. The van der Waals surface area contributed by atoms with Crippen molar-refractivity contribution in [3.05, 3.63) is 80.9 Å². The zero-order chi connectivity index (χ0) is 18.3. The van der Waals surface area contributed by atoms with Crippen LogP contribution in [0.1, 0.15) is 34.7 Å². The van der Waals surface area contributed by atoms with E-state index in [2.05, 4.69) is 74.8 Å². The maximum atomic E-state index is 5.74. The second kappa shape index (κ2) is 7.00. The number of hydrogen-bond acceptors (Lipinski definition) is 2. The Morgan fingerprint density at radius 2 is 1.77 bits per heavy atom. The second-order valence-electron chi connectivity index (χ2n) is 6.43. The van der Waals surface area contributed by atoms with Crippen LogP contribution >= 0.6 is 34.8 Å². The van der Waals surface area contributed by atoms with E-state index in [1.165, 1.54) is 20.5 Å². The molecule has 6 heteroatoms. The number of H-pyrrole nitrogens is 1. The molecule has 0 unspecified atom stereocenters. The maximum Gasteiger partial charge on any atom is 0.174 e. The van der Waals surface area contributed by atoms with Crippen molar-refractivity contribution in [3.63, 3.8) is 0 Å². The first-order valence-corrected chi connectivity index (χ1v) is 9.97. The van der Waals surface area contributed by atoms with Gasteiger partial charge in [-0.2, -0.15) is 0 Å². The van der Waals surface area contributed by atoms with Gasteiger partial charge < -0.3 is 15.2 Å². The fraction of sp³-hybridized carbons (Fsp3) is 0.200. The Hall–Kier alpha value is -1.93. The number of hydrogen-bond donors (Lipinski definition) is 2. The van der Waals surface area contributed by atoms with E-state index in [0.29, 0.717) is 0 Å². The van der Waals surface area contributed by atoms with Crippen LogP contribution in [0.5, 0.6) is 0 Å². The van der Waals surface area contributed by atoms with Gasteiger partial charge in [-0.25, -0.2) is 0 Å². The van der Waals surface area contributed by atoms with E-state index in [9.17, 15) is 0 Å². The van der Waals surface area contributed by atoms with Crippen molar-refractivity contribution in [1.82, 2.24) is 15.3 Å². The van der Waals surface area contributed by atoms with E-state index >= 15 is 0 Å². The quantitative estimate of drug-likeness (QED) is 0.423. The van der Waals surface area contributed by atoms with Crippen LogP contribution in [0.3, 0.4) is 0 Å². The molecule has 1 aliphatic rings. The zero-order valence-corrected chi connectivity index (χ0v) is 17.5. The van der Waals surface area contributed by atoms with Crippen LogP contribution < -0.4 is 10.2 Å². The number of aryl methyl sites for hydroxylation is 2. The fourth-order valence-corrected chi connectivity index (χ4v) is 4.84. The average Bonchev–Trinajstić information content (AvgIpc) is 3.12. The minimum absolute atomic E-state index is 0.00804. The smallest absolute Gasteiger partial charge is 0.174 e. The molecule has 0 bridgehead atoms. The summed E-state index contributed by atoms with van der Waals surface area (Å²) in [7, 11) is 0. The van der Waals surface area contributed by atoms with Gasteiger partial charge in [0.2, 0.25) is 0 Å². The number of para-hydroxylation sites is 1. The molecule has 26 heavy (non-hydrogen) atoms. The number of thiocarbonyl (C=S) groups is 1. The molecule has 1 saturated heterocycles. The third kappa shape index (κ3) is 2.91. The summed E-state index contributed by atoms with van der Waals surface area (Å²) in [6.45, 7) is 4.24. The summed E-state index contributed by atoms with van der Waals surface area (Å²) in [5, 5.41) is 4.24. The zero-order valence-electron chi connectivity index (χ0n) is 14.5. The molecule has 3 aromatic rings. The Morgan fingerprint density at radius 1 is 1.04 bits per heavy atom. The lowest BCUT2D eigenvalue weighted by atomic mass is 9.96. The molecule has 1 fully saturated rings. The lowest BCUT2D eigenvalue weighted by Crippen LogP contribution is -2.29. The number of halogens is 1. The topological polar surface area (TPSA) is 44.0 Å². The van der Waals surface area contributed by atoms with E-state index in [0.717, 1.165) is 16.5 Å². The van der Waals surface area contributed by atoms with Crippen LogP contribution in [0.2, 0.25) is 0 Å². The van der Waals surface area contributed by atoms with Gasteiger partial charge in [0.05, 0.1) is 17.8 Å². The molecule has 0 saturated carbocycles. The Balaban J connectivity index is 1.90. The van der Waals surface area contributed by atoms with Crippen molar-refractivity contribution in [1.29, 1.82) is 0 Å². The van der Waals surface area contributed by atoms with E-state index < -0.39 is 0 Å². The Kier molecular flexibility index (Phi) is 4.71. The Bertz CT molecular complexity index is 939. The number of benzene rings is 1. The van der Waals surface area contributed by atoms with Crippen molar-refractivity contribution >= 4 is 45.6 Å². The van der Waals surface area contributed by atoms with Gasteiger partial charge in [0.25, 0.3) is 0 Å². The maximum absolute atomic E-state index is 5.74. The number of aromatic nitrogens is 2. The third-order valence-corrected chi connectivity index (χ3v) is 6.48. The van der Waals surface area contributed by atoms with Gasteiger partial charge in [0.1, 0.15) is 0 Å². The van der Waals surface area contributed by atoms with Crippen molar-refractivity contribution in [2.24, 2.45) is 0 Å². The van der Waals surface area contributed by atoms with Crippen LogP contribution in [0.25, 0.3) is 0 Å². The molecule has 0 aliphatic carbocycles. The minimum atomic E-state index is -0.00804. The molecule has 0 radical (unpaired) electrons. The monoisotopic (exact) mass is 474 g/mol. The number of nitrogens with one attached hydrogen (secondary N) is 2. The summed E-state index contributed by atoms with van der Waals surface area (Å²) in [6, 6.07) is 16.4. The number of pyridine rings is 1. The Labute approximate surface area is 172 Å². The van der Waals surface area contributed by atoms with Crippen LogP contribution in [-0.4, -0.2) is 15.1 Å². The predicted octanol–water partition coefficient (Wildman–Crippen LogP) is 4.81. The molecular weight excluding hydrogens is 455 g/mol. The highest BCUT2D eigenvalue weighted by Gasteiger charge is 2.42. The van der Waals surface area contributed by atoms with Gasteiger partial charge in [-0.05, 0) is 72.9 Å². The first kappa shape index (κ1) is 17.5. The summed E-state index contributed by atoms with van der Waals surface area (Å²) < 4.78 is 1.25. The van der Waals surface area contributed by atoms with Crippen molar-refractivity contribution in [2.75, 3.05) is 4.90 Å². The molecule has 0 spiro atoms. The fourth-order valence-electron chi connectivity index (χ4n) is 3.64. The highest BCUT2D eigenvalue weighted by Crippen LogP contribution is 2.44. The van der Waals surface area contributed by atoms with Crippen molar-refractivity contribution in [3.8, 4) is 0 Å². The highest BCUT2D eigenvalue weighted by molar-refractivity contribution is 14.1. The number of nitrogens with zero attached hydrogens (tertiary/aromatic N) is 2. The van der Waals surface area contributed by atoms with Gasteiger partial charge in [-0.15, -0.1) is 0 Å². The SMILES string of the molecule is Cc1[nH]c(C)c([C@@H]2[C@@H](c3ccccn3)NC(=S)N2c2ccccc2)c1I. The highest BCUT2D eigenvalue weighted by atomic mass is 127. The molecule has 1 aliphatic heterocycles. The van der Waals surface area contributed by atoms with Gasteiger partial charge in [-0.1, -0.05) is 24.3 Å². The van der Waals surface area contributed by atoms with Crippen LogP contribution in [0.4, 0.5) is 5.69 Å². The molecule has 2 atom stereocenters. The lowest BCUT2D eigenvalue weighted by Gasteiger charge is -2.28. The Morgan fingerprint density at radius 3 is 2.38 bits per heavy atom. The van der Waals surface area contributed by atoms with E-state index in [1.807, 2.05) is 36.5 Å². The predicted molar refractivity (Wildman–Crippen MR) is 117 cm³/mol. The molecule has 0 amide bonds. The van der Waals surface area contributed by atoms with E-state index in [-0.39, 0.29) is 12.1 Å². The molecule has 3 heterocycles. The molecule has 4 nitrogen and oxygen atoms in total. The largest absolute Gasteiger partial charge is 0.362 e. The summed E-state index contributed by atoms with van der Waals surface area (Å²) >= 11 is 8.18. The van der Waals surface area contributed by atoms with E-state index in [4.69, 9.17) is 12.2 Å². The molecule has 2 aromatic heterocycles. The van der Waals surface area contributed by atoms with Crippen LogP contribution in [0.15, 0.2) is 54.7 Å². The second-order valence-corrected chi connectivity index (χ2v) is 7.90. The van der Waals surface area contributed by atoms with E-state index in [1.54, 1.807) is 0 Å². The van der Waals surface area contributed by atoms with Gasteiger partial charge >= 0.3 is 0 Å². The molecule has 1 aromatic carbocycles. The summed E-state index contributed by atoms with van der Waals surface area (Å²) in [5.41, 5.74) is 5.71. The van der Waals surface area contributed by atoms with Crippen molar-refractivity contribution in [2.45, 2.75) is 25.9 Å². The number of rotatable bonds is 3. The van der Waals surface area contributed by atoms with Gasteiger partial charge in [0.15, 0.2) is 5.11 Å². The number of anilines is 1. The van der Waals surface area contributed by atoms with Gasteiger partial charge in [0, 0.05) is 32.4 Å².